The van der Waals surface area contributed by atoms with Gasteiger partial charge in [0.05, 0.1) is 0 Å². The van der Waals surface area contributed by atoms with Gasteiger partial charge in [-0.2, -0.15) is 5.21 Å². The van der Waals surface area contributed by atoms with Crippen molar-refractivity contribution in [3.63, 3.8) is 0 Å². The fourth-order valence-corrected chi connectivity index (χ4v) is 1.13. The minimum Gasteiger partial charge on any atom is -0.485 e. The largest absolute Gasteiger partial charge is 0.485 e. The highest BCUT2D eigenvalue weighted by atomic mass is 16.5. The molecular formula is C9H11N5O. The summed E-state index contributed by atoms with van der Waals surface area (Å²) in [5, 5.41) is 16.4. The van der Waals surface area contributed by atoms with Gasteiger partial charge in [0.1, 0.15) is 5.75 Å². The second-order valence-corrected chi connectivity index (χ2v) is 2.89. The third kappa shape index (κ3) is 2.43. The summed E-state index contributed by atoms with van der Waals surface area (Å²) in [6.07, 6.45) is 0. The first-order valence-corrected chi connectivity index (χ1v) is 4.51. The van der Waals surface area contributed by atoms with Gasteiger partial charge in [-0.05, 0) is 12.1 Å². The molecule has 2 aromatic rings. The van der Waals surface area contributed by atoms with Crippen molar-refractivity contribution in [3.8, 4) is 5.75 Å². The molecule has 0 spiro atoms. The summed E-state index contributed by atoms with van der Waals surface area (Å²) in [6, 6.07) is 7.65. The Kier molecular flexibility index (Phi) is 2.77. The Hall–Kier alpha value is -2.11. The topological polar surface area (TPSA) is 75.7 Å². The normalized spacial score (nSPS) is 9.93. The Bertz CT molecular complexity index is 414. The van der Waals surface area contributed by atoms with Gasteiger partial charge in [-0.1, -0.05) is 11.3 Å². The quantitative estimate of drug-likeness (QED) is 0.772. The first kappa shape index (κ1) is 9.45. The molecular weight excluding hydrogens is 194 g/mol. The highest BCUT2D eigenvalue weighted by Gasteiger charge is 2.00. The Morgan fingerprint density at radius 2 is 2.40 bits per heavy atom. The number of ether oxygens (including phenoxy) is 1. The number of nitrogens with zero attached hydrogens (tertiary/aromatic N) is 3. The van der Waals surface area contributed by atoms with Gasteiger partial charge in [-0.25, -0.2) is 0 Å². The second kappa shape index (κ2) is 4.41. The van der Waals surface area contributed by atoms with Crippen LogP contribution >= 0.6 is 0 Å². The third-order valence-electron chi connectivity index (χ3n) is 1.88. The number of tetrazole rings is 1. The van der Waals surface area contributed by atoms with Crippen molar-refractivity contribution >= 4 is 5.69 Å². The molecule has 0 radical (unpaired) electrons. The molecule has 0 saturated heterocycles. The summed E-state index contributed by atoms with van der Waals surface area (Å²) in [6.45, 7) is 0.309. The maximum Gasteiger partial charge on any atom is 0.211 e. The fraction of sp³-hybridized carbons (Fsp3) is 0.222. The predicted molar refractivity (Wildman–Crippen MR) is 54.5 cm³/mol. The average Bonchev–Trinajstić information content (AvgIpc) is 2.79. The Morgan fingerprint density at radius 3 is 3.13 bits per heavy atom. The molecule has 6 heteroatoms. The van der Waals surface area contributed by atoms with Crippen LogP contribution in [-0.4, -0.2) is 27.7 Å². The monoisotopic (exact) mass is 205 g/mol. The molecule has 78 valence electrons. The smallest absolute Gasteiger partial charge is 0.211 e. The van der Waals surface area contributed by atoms with E-state index in [2.05, 4.69) is 25.9 Å². The first-order chi connectivity index (χ1) is 7.38. The molecule has 0 aliphatic rings. The van der Waals surface area contributed by atoms with Crippen LogP contribution in [0.25, 0.3) is 0 Å². The van der Waals surface area contributed by atoms with Gasteiger partial charge < -0.3 is 10.1 Å². The zero-order valence-corrected chi connectivity index (χ0v) is 8.27. The van der Waals surface area contributed by atoms with Gasteiger partial charge in [0.2, 0.25) is 5.82 Å². The van der Waals surface area contributed by atoms with Gasteiger partial charge in [0.15, 0.2) is 6.61 Å². The number of hydrogen-bond acceptors (Lipinski definition) is 5. The predicted octanol–water partition coefficient (Wildman–Crippen LogP) is 0.820. The van der Waals surface area contributed by atoms with Crippen molar-refractivity contribution in [3.05, 3.63) is 30.1 Å². The Balaban J connectivity index is 1.98. The van der Waals surface area contributed by atoms with Crippen LogP contribution in [0.2, 0.25) is 0 Å². The van der Waals surface area contributed by atoms with Gasteiger partial charge in [-0.15, -0.1) is 10.2 Å². The van der Waals surface area contributed by atoms with E-state index in [4.69, 9.17) is 4.74 Å². The Morgan fingerprint density at radius 1 is 1.47 bits per heavy atom. The summed E-state index contributed by atoms with van der Waals surface area (Å²) >= 11 is 0. The number of aromatic amines is 1. The van der Waals surface area contributed by atoms with Crippen LogP contribution in [0.5, 0.6) is 5.75 Å². The van der Waals surface area contributed by atoms with Gasteiger partial charge in [0.25, 0.3) is 0 Å². The molecule has 0 amide bonds. The molecule has 0 saturated carbocycles. The summed E-state index contributed by atoms with van der Waals surface area (Å²) < 4.78 is 5.47. The fourth-order valence-electron chi connectivity index (χ4n) is 1.13. The lowest BCUT2D eigenvalue weighted by molar-refractivity contribution is 0.296. The van der Waals surface area contributed by atoms with Crippen molar-refractivity contribution in [2.45, 2.75) is 6.61 Å². The van der Waals surface area contributed by atoms with E-state index in [1.54, 1.807) is 0 Å². The molecule has 0 atom stereocenters. The summed E-state index contributed by atoms with van der Waals surface area (Å²) in [4.78, 5) is 0. The highest BCUT2D eigenvalue weighted by Crippen LogP contribution is 2.17. The summed E-state index contributed by atoms with van der Waals surface area (Å²) in [7, 11) is 1.86. The molecule has 1 aromatic heterocycles. The van der Waals surface area contributed by atoms with E-state index < -0.39 is 0 Å². The third-order valence-corrected chi connectivity index (χ3v) is 1.88. The molecule has 0 unspecified atom stereocenters. The maximum absolute atomic E-state index is 5.47. The van der Waals surface area contributed by atoms with Gasteiger partial charge >= 0.3 is 0 Å². The van der Waals surface area contributed by atoms with Crippen molar-refractivity contribution < 1.29 is 4.74 Å². The highest BCUT2D eigenvalue weighted by molar-refractivity contribution is 5.47. The SMILES string of the molecule is CNc1cccc(OCc2nn[nH]n2)c1. The molecule has 0 fully saturated rings. The molecule has 0 bridgehead atoms. The van der Waals surface area contributed by atoms with Crippen molar-refractivity contribution in [2.24, 2.45) is 0 Å². The van der Waals surface area contributed by atoms with E-state index in [1.165, 1.54) is 0 Å². The van der Waals surface area contributed by atoms with Gasteiger partial charge in [0, 0.05) is 18.8 Å². The molecule has 1 aromatic carbocycles. The molecule has 1 heterocycles. The Labute approximate surface area is 86.7 Å². The second-order valence-electron chi connectivity index (χ2n) is 2.89. The summed E-state index contributed by atoms with van der Waals surface area (Å²) in [5.41, 5.74) is 1.00. The zero-order chi connectivity index (χ0) is 10.5. The van der Waals surface area contributed by atoms with E-state index in [-0.39, 0.29) is 0 Å². The minimum absolute atomic E-state index is 0.309. The van der Waals surface area contributed by atoms with Crippen molar-refractivity contribution in [2.75, 3.05) is 12.4 Å². The molecule has 6 nitrogen and oxygen atoms in total. The maximum atomic E-state index is 5.47. The number of nitrogens with one attached hydrogen (secondary N) is 2. The standard InChI is InChI=1S/C9H11N5O/c1-10-7-3-2-4-8(5-7)15-6-9-11-13-14-12-9/h2-5,10H,6H2,1H3,(H,11,12,13,14). The number of benzene rings is 1. The van der Waals surface area contributed by atoms with Crippen LogP contribution in [0.3, 0.4) is 0 Å². The first-order valence-electron chi connectivity index (χ1n) is 4.51. The van der Waals surface area contributed by atoms with Crippen molar-refractivity contribution in [1.82, 2.24) is 20.6 Å². The van der Waals surface area contributed by atoms with Crippen LogP contribution in [-0.2, 0) is 6.61 Å². The number of hydrogen-bond donors (Lipinski definition) is 2. The van der Waals surface area contributed by atoms with E-state index in [9.17, 15) is 0 Å². The average molecular weight is 205 g/mol. The molecule has 0 aliphatic heterocycles. The zero-order valence-electron chi connectivity index (χ0n) is 8.27. The molecule has 2 rings (SSSR count). The lowest BCUT2D eigenvalue weighted by Gasteiger charge is -2.05. The van der Waals surface area contributed by atoms with E-state index in [0.717, 1.165) is 11.4 Å². The lowest BCUT2D eigenvalue weighted by Crippen LogP contribution is -1.98. The van der Waals surface area contributed by atoms with E-state index in [0.29, 0.717) is 12.4 Å². The van der Waals surface area contributed by atoms with Crippen LogP contribution in [0.15, 0.2) is 24.3 Å². The molecule has 2 N–H and O–H groups in total. The van der Waals surface area contributed by atoms with E-state index in [1.807, 2.05) is 31.3 Å². The number of aromatic nitrogens is 4. The van der Waals surface area contributed by atoms with Crippen LogP contribution in [0.4, 0.5) is 5.69 Å². The minimum atomic E-state index is 0.309. The number of anilines is 1. The number of H-pyrrole nitrogens is 1. The summed E-state index contributed by atoms with van der Waals surface area (Å²) in [5.74, 6) is 1.30. The van der Waals surface area contributed by atoms with Crippen molar-refractivity contribution in [1.29, 1.82) is 0 Å². The number of rotatable bonds is 4. The van der Waals surface area contributed by atoms with Crippen LogP contribution in [0.1, 0.15) is 5.82 Å². The van der Waals surface area contributed by atoms with Crippen LogP contribution < -0.4 is 10.1 Å². The van der Waals surface area contributed by atoms with Crippen LogP contribution in [0, 0.1) is 0 Å². The van der Waals surface area contributed by atoms with E-state index >= 15 is 0 Å². The lowest BCUT2D eigenvalue weighted by atomic mass is 10.3. The molecule has 15 heavy (non-hydrogen) atoms. The molecule has 0 aliphatic carbocycles. The van der Waals surface area contributed by atoms with Gasteiger partial charge in [-0.3, -0.25) is 0 Å².